The summed E-state index contributed by atoms with van der Waals surface area (Å²) in [5.74, 6) is 0.322. The average Bonchev–Trinajstić information content (AvgIpc) is 3.16. The number of amides is 3. The van der Waals surface area contributed by atoms with Crippen molar-refractivity contribution in [2.24, 2.45) is 5.92 Å². The van der Waals surface area contributed by atoms with Crippen LogP contribution in [0.5, 0.6) is 0 Å². The number of carbonyl (C=O) groups excluding carboxylic acids is 2. The summed E-state index contributed by atoms with van der Waals surface area (Å²) in [7, 11) is 0. The number of rotatable bonds is 6. The third-order valence-corrected chi connectivity index (χ3v) is 4.78. The molecule has 0 aliphatic carbocycles. The van der Waals surface area contributed by atoms with Crippen molar-refractivity contribution in [2.45, 2.75) is 26.3 Å². The Morgan fingerprint density at radius 1 is 1.07 bits per heavy atom. The number of hydrogen-bond donors (Lipinski definition) is 3. The van der Waals surface area contributed by atoms with Crippen LogP contribution in [0, 0.1) is 5.92 Å². The van der Waals surface area contributed by atoms with E-state index in [2.05, 4.69) is 33.0 Å². The number of nitrogens with zero attached hydrogens (tertiary/aromatic N) is 1. The lowest BCUT2D eigenvalue weighted by Gasteiger charge is -2.18. The number of urea groups is 1. The highest BCUT2D eigenvalue weighted by Crippen LogP contribution is 2.23. The highest BCUT2D eigenvalue weighted by molar-refractivity contribution is 5.95. The first-order valence-electron chi connectivity index (χ1n) is 9.77. The Morgan fingerprint density at radius 2 is 1.79 bits per heavy atom. The summed E-state index contributed by atoms with van der Waals surface area (Å²) in [5, 5.41) is 8.62. The lowest BCUT2D eigenvalue weighted by atomic mass is 10.1. The smallest absolute Gasteiger partial charge is 0.319 e. The van der Waals surface area contributed by atoms with Gasteiger partial charge >= 0.3 is 6.03 Å². The fourth-order valence-electron chi connectivity index (χ4n) is 3.34. The molecular formula is C22H28N4O2. The van der Waals surface area contributed by atoms with Gasteiger partial charge in [-0.05, 0) is 62.6 Å². The van der Waals surface area contributed by atoms with E-state index in [4.69, 9.17) is 0 Å². The summed E-state index contributed by atoms with van der Waals surface area (Å²) in [4.78, 5) is 26.5. The van der Waals surface area contributed by atoms with Crippen molar-refractivity contribution in [1.82, 2.24) is 10.6 Å². The predicted octanol–water partition coefficient (Wildman–Crippen LogP) is 3.47. The fourth-order valence-corrected chi connectivity index (χ4v) is 3.34. The van der Waals surface area contributed by atoms with Crippen LogP contribution in [0.1, 0.15) is 30.6 Å². The zero-order valence-corrected chi connectivity index (χ0v) is 16.4. The summed E-state index contributed by atoms with van der Waals surface area (Å²) < 4.78 is 0. The van der Waals surface area contributed by atoms with Crippen molar-refractivity contribution >= 4 is 23.3 Å². The number of benzene rings is 2. The number of hydrogen-bond acceptors (Lipinski definition) is 3. The van der Waals surface area contributed by atoms with Gasteiger partial charge in [0.05, 0.1) is 0 Å². The molecule has 3 amide bonds. The Labute approximate surface area is 166 Å². The van der Waals surface area contributed by atoms with Gasteiger partial charge in [-0.15, -0.1) is 0 Å². The van der Waals surface area contributed by atoms with E-state index in [1.165, 1.54) is 5.69 Å². The van der Waals surface area contributed by atoms with Crippen molar-refractivity contribution in [3.05, 3.63) is 60.2 Å². The van der Waals surface area contributed by atoms with Gasteiger partial charge in [0.25, 0.3) is 5.91 Å². The molecule has 2 aromatic carbocycles. The van der Waals surface area contributed by atoms with Crippen molar-refractivity contribution in [2.75, 3.05) is 29.9 Å². The molecule has 3 rings (SSSR count). The van der Waals surface area contributed by atoms with Gasteiger partial charge < -0.3 is 20.9 Å². The van der Waals surface area contributed by atoms with Crippen LogP contribution in [0.2, 0.25) is 0 Å². The van der Waals surface area contributed by atoms with E-state index in [0.29, 0.717) is 23.7 Å². The van der Waals surface area contributed by atoms with Crippen LogP contribution in [-0.2, 0) is 0 Å². The Morgan fingerprint density at radius 3 is 2.46 bits per heavy atom. The molecule has 1 aliphatic heterocycles. The summed E-state index contributed by atoms with van der Waals surface area (Å²) in [5.41, 5.74) is 2.47. The highest BCUT2D eigenvalue weighted by atomic mass is 16.2. The van der Waals surface area contributed by atoms with E-state index in [-0.39, 0.29) is 18.0 Å². The molecule has 1 heterocycles. The molecule has 1 aliphatic rings. The molecule has 148 valence electrons. The standard InChI is InChI=1S/C22H28N4O2/c1-16(2)24-21(27)18-8-10-19(11-9-18)25-22(28)23-14-17-12-13-26(15-17)20-6-4-3-5-7-20/h3-11,16-17H,12-15H2,1-2H3,(H,24,27)(H2,23,25,28). The minimum absolute atomic E-state index is 0.0875. The Bertz CT molecular complexity index is 790. The van der Waals surface area contributed by atoms with Crippen LogP contribution in [0.3, 0.4) is 0 Å². The third-order valence-electron chi connectivity index (χ3n) is 4.78. The highest BCUT2D eigenvalue weighted by Gasteiger charge is 2.22. The molecule has 3 N–H and O–H groups in total. The molecule has 1 atom stereocenters. The molecule has 1 fully saturated rings. The second kappa shape index (κ2) is 9.26. The van der Waals surface area contributed by atoms with Crippen molar-refractivity contribution in [3.63, 3.8) is 0 Å². The Kier molecular flexibility index (Phi) is 6.53. The summed E-state index contributed by atoms with van der Waals surface area (Å²) in [6, 6.07) is 17.1. The second-order valence-corrected chi connectivity index (χ2v) is 7.48. The van der Waals surface area contributed by atoms with Crippen LogP contribution in [0.4, 0.5) is 16.2 Å². The topological polar surface area (TPSA) is 73.5 Å². The van der Waals surface area contributed by atoms with Crippen molar-refractivity contribution in [1.29, 1.82) is 0 Å². The number of para-hydroxylation sites is 1. The van der Waals surface area contributed by atoms with Crippen LogP contribution >= 0.6 is 0 Å². The third kappa shape index (κ3) is 5.49. The molecule has 28 heavy (non-hydrogen) atoms. The average molecular weight is 380 g/mol. The van der Waals surface area contributed by atoms with Crippen molar-refractivity contribution < 1.29 is 9.59 Å². The van der Waals surface area contributed by atoms with Crippen LogP contribution in [0.15, 0.2) is 54.6 Å². The summed E-state index contributed by atoms with van der Waals surface area (Å²) in [6.07, 6.45) is 1.06. The van der Waals surface area contributed by atoms with Gasteiger partial charge in [0.15, 0.2) is 0 Å². The van der Waals surface area contributed by atoms with Gasteiger partial charge in [-0.3, -0.25) is 4.79 Å². The van der Waals surface area contributed by atoms with E-state index >= 15 is 0 Å². The number of carbonyl (C=O) groups is 2. The molecule has 1 saturated heterocycles. The van der Waals surface area contributed by atoms with Gasteiger partial charge in [-0.2, -0.15) is 0 Å². The van der Waals surface area contributed by atoms with Crippen LogP contribution < -0.4 is 20.9 Å². The zero-order chi connectivity index (χ0) is 19.9. The normalized spacial score (nSPS) is 16.1. The van der Waals surface area contributed by atoms with Gasteiger partial charge in [-0.1, -0.05) is 18.2 Å². The maximum atomic E-state index is 12.2. The first kappa shape index (κ1) is 19.7. The minimum Gasteiger partial charge on any atom is -0.371 e. The number of anilines is 2. The van der Waals surface area contributed by atoms with Gasteiger partial charge in [-0.25, -0.2) is 4.79 Å². The predicted molar refractivity (Wildman–Crippen MR) is 113 cm³/mol. The van der Waals surface area contributed by atoms with E-state index in [1.807, 2.05) is 32.0 Å². The molecule has 0 aromatic heterocycles. The molecule has 0 saturated carbocycles. The summed E-state index contributed by atoms with van der Waals surface area (Å²) in [6.45, 7) is 6.44. The number of nitrogens with one attached hydrogen (secondary N) is 3. The maximum Gasteiger partial charge on any atom is 0.319 e. The lowest BCUT2D eigenvalue weighted by molar-refractivity contribution is 0.0943. The maximum absolute atomic E-state index is 12.2. The Hall–Kier alpha value is -3.02. The molecule has 2 aromatic rings. The largest absolute Gasteiger partial charge is 0.371 e. The van der Waals surface area contributed by atoms with E-state index in [0.717, 1.165) is 19.5 Å². The monoisotopic (exact) mass is 380 g/mol. The summed E-state index contributed by atoms with van der Waals surface area (Å²) >= 11 is 0. The lowest BCUT2D eigenvalue weighted by Crippen LogP contribution is -2.34. The SMILES string of the molecule is CC(C)NC(=O)c1ccc(NC(=O)NCC2CCN(c3ccccc3)C2)cc1. The van der Waals surface area contributed by atoms with E-state index in [1.54, 1.807) is 24.3 Å². The molecule has 1 unspecified atom stereocenters. The molecule has 0 spiro atoms. The fraction of sp³-hybridized carbons (Fsp3) is 0.364. The minimum atomic E-state index is -0.224. The van der Waals surface area contributed by atoms with Gasteiger partial charge in [0.1, 0.15) is 0 Å². The molecule has 0 radical (unpaired) electrons. The first-order valence-corrected chi connectivity index (χ1v) is 9.77. The molecule has 6 nitrogen and oxygen atoms in total. The van der Waals surface area contributed by atoms with Gasteiger partial charge in [0, 0.05) is 42.6 Å². The van der Waals surface area contributed by atoms with Crippen molar-refractivity contribution in [3.8, 4) is 0 Å². The molecular weight excluding hydrogens is 352 g/mol. The zero-order valence-electron chi connectivity index (χ0n) is 16.4. The first-order chi connectivity index (χ1) is 13.5. The molecule has 0 bridgehead atoms. The Balaban J connectivity index is 1.43. The van der Waals surface area contributed by atoms with Crippen LogP contribution in [0.25, 0.3) is 0 Å². The van der Waals surface area contributed by atoms with Crippen LogP contribution in [-0.4, -0.2) is 37.6 Å². The quantitative estimate of drug-likeness (QED) is 0.718. The van der Waals surface area contributed by atoms with Gasteiger partial charge in [0.2, 0.25) is 0 Å². The van der Waals surface area contributed by atoms with E-state index < -0.39 is 0 Å². The van der Waals surface area contributed by atoms with E-state index in [9.17, 15) is 9.59 Å². The second-order valence-electron chi connectivity index (χ2n) is 7.48. The molecule has 6 heteroatoms.